The third-order valence-corrected chi connectivity index (χ3v) is 2.74. The Morgan fingerprint density at radius 2 is 2.13 bits per heavy atom. The van der Waals surface area contributed by atoms with Gasteiger partial charge in [-0.2, -0.15) is 0 Å². The van der Waals surface area contributed by atoms with Crippen LogP contribution in [-0.2, 0) is 6.61 Å². The molecule has 10 heteroatoms. The number of rotatable bonds is 5. The van der Waals surface area contributed by atoms with Crippen LogP contribution in [0, 0.1) is 15.9 Å². The van der Waals surface area contributed by atoms with Gasteiger partial charge in [0.25, 0.3) is 5.69 Å². The number of nitrogens with one attached hydrogen (secondary N) is 1. The third kappa shape index (κ3) is 3.68. The van der Waals surface area contributed by atoms with Crippen molar-refractivity contribution in [2.24, 2.45) is 0 Å². The van der Waals surface area contributed by atoms with Gasteiger partial charge in [0.15, 0.2) is 11.6 Å². The minimum atomic E-state index is -1.40. The van der Waals surface area contributed by atoms with E-state index in [2.05, 4.69) is 4.98 Å². The first-order chi connectivity index (χ1) is 10.9. The molecule has 0 aliphatic carbocycles. The molecule has 0 unspecified atom stereocenters. The lowest BCUT2D eigenvalue weighted by Crippen LogP contribution is -2.11. The van der Waals surface area contributed by atoms with Gasteiger partial charge in [-0.25, -0.2) is 14.2 Å². The zero-order valence-corrected chi connectivity index (χ0v) is 11.4. The van der Waals surface area contributed by atoms with E-state index in [4.69, 9.17) is 9.84 Å². The van der Waals surface area contributed by atoms with Crippen molar-refractivity contribution < 1.29 is 29.1 Å². The second-order valence-electron chi connectivity index (χ2n) is 4.20. The molecule has 1 amide bonds. The summed E-state index contributed by atoms with van der Waals surface area (Å²) in [6.07, 6.45) is -0.200. The number of carboxylic acid groups (broad SMARTS) is 1. The smallest absolute Gasteiger partial charge is 0.410 e. The molecule has 0 saturated heterocycles. The number of nitro benzene ring substituents is 1. The number of pyridine rings is 1. The van der Waals surface area contributed by atoms with Gasteiger partial charge in [0.2, 0.25) is 0 Å². The molecule has 120 valence electrons. The fourth-order valence-corrected chi connectivity index (χ4v) is 1.74. The summed E-state index contributed by atoms with van der Waals surface area (Å²) in [7, 11) is 0. The summed E-state index contributed by atoms with van der Waals surface area (Å²) in [5.41, 5.74) is -0.451. The quantitative estimate of drug-likeness (QED) is 0.568. The first kappa shape index (κ1) is 16.1. The van der Waals surface area contributed by atoms with Gasteiger partial charge in [0, 0.05) is 12.3 Å². The number of hydrogen-bond acceptors (Lipinski definition) is 6. The summed E-state index contributed by atoms with van der Waals surface area (Å²) in [6, 6.07) is 4.08. The number of benzene rings is 1. The van der Waals surface area contributed by atoms with Crippen LogP contribution in [0.1, 0.15) is 5.56 Å². The Morgan fingerprint density at radius 3 is 2.70 bits per heavy atom. The molecule has 1 heterocycles. The number of hydrogen-bond donors (Lipinski definition) is 3. The molecule has 0 saturated carbocycles. The predicted molar refractivity (Wildman–Crippen MR) is 74.9 cm³/mol. The zero-order valence-electron chi connectivity index (χ0n) is 11.4. The highest BCUT2D eigenvalue weighted by atomic mass is 19.1. The van der Waals surface area contributed by atoms with E-state index in [-0.39, 0.29) is 22.9 Å². The molecule has 2 rings (SSSR count). The normalized spacial score (nSPS) is 10.2. The van der Waals surface area contributed by atoms with Crippen molar-refractivity contribution in [3.8, 4) is 11.5 Å². The van der Waals surface area contributed by atoms with Crippen LogP contribution in [0.4, 0.5) is 20.7 Å². The second kappa shape index (κ2) is 6.66. The number of carbonyl (C=O) groups is 1. The van der Waals surface area contributed by atoms with Crippen molar-refractivity contribution in [1.29, 1.82) is 0 Å². The number of nitrogens with zero attached hydrogens (tertiary/aromatic N) is 2. The fraction of sp³-hybridized carbons (Fsp3) is 0.0769. The van der Waals surface area contributed by atoms with Gasteiger partial charge in [-0.3, -0.25) is 15.4 Å². The largest absolute Gasteiger partial charge is 0.465 e. The van der Waals surface area contributed by atoms with Gasteiger partial charge in [-0.15, -0.1) is 0 Å². The lowest BCUT2D eigenvalue weighted by Gasteiger charge is -2.13. The number of aliphatic hydroxyl groups excluding tert-OH is 1. The third-order valence-electron chi connectivity index (χ3n) is 2.74. The molecule has 0 aliphatic rings. The van der Waals surface area contributed by atoms with Gasteiger partial charge in [0.1, 0.15) is 11.6 Å². The number of amides is 1. The molecule has 9 nitrogen and oxygen atoms in total. The van der Waals surface area contributed by atoms with Crippen LogP contribution in [0.25, 0.3) is 0 Å². The van der Waals surface area contributed by atoms with E-state index in [1.165, 1.54) is 12.3 Å². The Kier molecular flexibility index (Phi) is 4.66. The van der Waals surface area contributed by atoms with Crippen LogP contribution in [-0.4, -0.2) is 26.2 Å². The maximum atomic E-state index is 13.8. The highest BCUT2D eigenvalue weighted by Gasteiger charge is 2.16. The van der Waals surface area contributed by atoms with E-state index in [0.717, 1.165) is 12.1 Å². The molecule has 0 atom stereocenters. The second-order valence-corrected chi connectivity index (χ2v) is 4.20. The molecular formula is C13H10FN3O6. The van der Waals surface area contributed by atoms with E-state index in [1.54, 1.807) is 0 Å². The molecule has 1 aromatic carbocycles. The summed E-state index contributed by atoms with van der Waals surface area (Å²) in [6.45, 7) is -0.618. The highest BCUT2D eigenvalue weighted by Crippen LogP contribution is 2.32. The van der Waals surface area contributed by atoms with Crippen LogP contribution < -0.4 is 10.1 Å². The van der Waals surface area contributed by atoms with E-state index < -0.39 is 29.1 Å². The zero-order chi connectivity index (χ0) is 17.0. The summed E-state index contributed by atoms with van der Waals surface area (Å²) in [5.74, 6) is -1.51. The maximum Gasteiger partial charge on any atom is 0.410 e. The van der Waals surface area contributed by atoms with Crippen LogP contribution in [0.3, 0.4) is 0 Å². The van der Waals surface area contributed by atoms with Crippen molar-refractivity contribution in [3.63, 3.8) is 0 Å². The van der Waals surface area contributed by atoms with Crippen LogP contribution in [0.15, 0.2) is 30.5 Å². The molecule has 0 aliphatic heterocycles. The average molecular weight is 323 g/mol. The Morgan fingerprint density at radius 1 is 1.39 bits per heavy atom. The average Bonchev–Trinajstić information content (AvgIpc) is 2.48. The SMILES string of the molecule is O=C(O)Nc1nccc(Oc2ccc([N+](=O)[O-])cc2F)c1CO. The molecule has 0 fully saturated rings. The van der Waals surface area contributed by atoms with Gasteiger partial charge < -0.3 is 14.9 Å². The molecule has 0 radical (unpaired) electrons. The molecule has 23 heavy (non-hydrogen) atoms. The summed E-state index contributed by atoms with van der Waals surface area (Å²) in [4.78, 5) is 24.2. The van der Waals surface area contributed by atoms with E-state index in [9.17, 15) is 24.4 Å². The number of halogens is 1. The minimum Gasteiger partial charge on any atom is -0.465 e. The van der Waals surface area contributed by atoms with Crippen LogP contribution in [0.2, 0.25) is 0 Å². The lowest BCUT2D eigenvalue weighted by atomic mass is 10.2. The molecule has 1 aromatic heterocycles. The molecular weight excluding hydrogens is 313 g/mol. The fourth-order valence-electron chi connectivity index (χ4n) is 1.74. The Balaban J connectivity index is 2.36. The number of nitro groups is 1. The maximum absolute atomic E-state index is 13.8. The number of anilines is 1. The summed E-state index contributed by atoms with van der Waals surface area (Å²) >= 11 is 0. The summed E-state index contributed by atoms with van der Waals surface area (Å²) < 4.78 is 19.1. The first-order valence-corrected chi connectivity index (χ1v) is 6.13. The van der Waals surface area contributed by atoms with Crippen molar-refractivity contribution in [3.05, 3.63) is 52.0 Å². The van der Waals surface area contributed by atoms with E-state index >= 15 is 0 Å². The van der Waals surface area contributed by atoms with Crippen molar-refractivity contribution in [2.45, 2.75) is 6.61 Å². The van der Waals surface area contributed by atoms with Gasteiger partial charge in [-0.1, -0.05) is 0 Å². The van der Waals surface area contributed by atoms with Crippen molar-refractivity contribution in [1.82, 2.24) is 4.98 Å². The molecule has 2 aromatic rings. The standard InChI is InChI=1S/C13H10FN3O6/c14-9-5-7(17(21)22)1-2-11(9)23-10-3-4-15-12(8(10)6-18)16-13(19)20/h1-5,18H,6H2,(H,15,16)(H,19,20). The predicted octanol–water partition coefficient (Wildman–Crippen LogP) is 2.50. The van der Waals surface area contributed by atoms with Crippen molar-refractivity contribution >= 4 is 17.6 Å². The number of aliphatic hydroxyl groups is 1. The number of ether oxygens (including phenoxy) is 1. The van der Waals surface area contributed by atoms with Crippen LogP contribution in [0.5, 0.6) is 11.5 Å². The first-order valence-electron chi connectivity index (χ1n) is 6.13. The van der Waals surface area contributed by atoms with Gasteiger partial charge >= 0.3 is 6.09 Å². The number of non-ortho nitro benzene ring substituents is 1. The molecule has 3 N–H and O–H groups in total. The van der Waals surface area contributed by atoms with E-state index in [1.807, 2.05) is 5.32 Å². The van der Waals surface area contributed by atoms with E-state index in [0.29, 0.717) is 6.07 Å². The lowest BCUT2D eigenvalue weighted by molar-refractivity contribution is -0.385. The Hall–Kier alpha value is -3.27. The number of aromatic nitrogens is 1. The molecule has 0 spiro atoms. The van der Waals surface area contributed by atoms with Gasteiger partial charge in [0.05, 0.1) is 23.2 Å². The Bertz CT molecular complexity index is 767. The topological polar surface area (TPSA) is 135 Å². The Labute approximate surface area is 128 Å². The van der Waals surface area contributed by atoms with Crippen LogP contribution >= 0.6 is 0 Å². The van der Waals surface area contributed by atoms with Gasteiger partial charge in [-0.05, 0) is 12.1 Å². The molecule has 0 bridgehead atoms. The summed E-state index contributed by atoms with van der Waals surface area (Å²) in [5, 5.41) is 30.6. The minimum absolute atomic E-state index is 0.00680. The van der Waals surface area contributed by atoms with Crippen molar-refractivity contribution in [2.75, 3.05) is 5.32 Å². The monoisotopic (exact) mass is 323 g/mol. The highest BCUT2D eigenvalue weighted by molar-refractivity contribution is 5.83.